The van der Waals surface area contributed by atoms with Gasteiger partial charge in [0.2, 0.25) is 0 Å². The number of anilines is 2. The standard InChI is InChI=1S/C22H23N3O2/c1-15-9-10-21(27-3)20(11-15)25-22(26)18-12-19(14-23-13-18)24-16(2)17-7-5-4-6-8-17/h4-14,16,24H,1-3H3,(H,25,26). The van der Waals surface area contributed by atoms with Crippen molar-refractivity contribution in [1.29, 1.82) is 0 Å². The number of benzene rings is 2. The SMILES string of the molecule is COc1ccc(C)cc1NC(=O)c1cncc(NC(C)c2ccccc2)c1. The fraction of sp³-hybridized carbons (Fsp3) is 0.182. The van der Waals surface area contributed by atoms with E-state index in [1.807, 2.05) is 43.3 Å². The molecule has 1 unspecified atom stereocenters. The first-order valence-corrected chi connectivity index (χ1v) is 8.79. The third kappa shape index (κ3) is 4.64. The Kier molecular flexibility index (Phi) is 5.71. The third-order valence-corrected chi connectivity index (χ3v) is 4.29. The van der Waals surface area contributed by atoms with Crippen LogP contribution in [-0.4, -0.2) is 18.0 Å². The molecule has 2 aromatic carbocycles. The molecule has 1 heterocycles. The number of hydrogen-bond acceptors (Lipinski definition) is 4. The second kappa shape index (κ2) is 8.36. The molecule has 0 fully saturated rings. The van der Waals surface area contributed by atoms with E-state index in [2.05, 4.69) is 34.7 Å². The van der Waals surface area contributed by atoms with E-state index in [1.165, 1.54) is 0 Å². The van der Waals surface area contributed by atoms with E-state index in [4.69, 9.17) is 4.74 Å². The Bertz CT molecular complexity index is 926. The molecule has 2 N–H and O–H groups in total. The number of nitrogens with zero attached hydrogens (tertiary/aromatic N) is 1. The molecule has 3 rings (SSSR count). The number of pyridine rings is 1. The predicted molar refractivity (Wildman–Crippen MR) is 108 cm³/mol. The maximum atomic E-state index is 12.7. The zero-order chi connectivity index (χ0) is 19.2. The lowest BCUT2D eigenvalue weighted by Gasteiger charge is -2.16. The molecule has 0 saturated carbocycles. The molecule has 5 heteroatoms. The maximum absolute atomic E-state index is 12.7. The topological polar surface area (TPSA) is 63.2 Å². The van der Waals surface area contributed by atoms with Crippen molar-refractivity contribution in [2.45, 2.75) is 19.9 Å². The number of aromatic nitrogens is 1. The minimum absolute atomic E-state index is 0.100. The second-order valence-corrected chi connectivity index (χ2v) is 6.40. The van der Waals surface area contributed by atoms with Crippen LogP contribution >= 0.6 is 0 Å². The van der Waals surface area contributed by atoms with Crippen molar-refractivity contribution < 1.29 is 9.53 Å². The summed E-state index contributed by atoms with van der Waals surface area (Å²) >= 11 is 0. The summed E-state index contributed by atoms with van der Waals surface area (Å²) in [5.74, 6) is 0.385. The summed E-state index contributed by atoms with van der Waals surface area (Å²) in [6.45, 7) is 4.03. The van der Waals surface area contributed by atoms with Crippen LogP contribution in [0.2, 0.25) is 0 Å². The average molecular weight is 361 g/mol. The van der Waals surface area contributed by atoms with E-state index in [-0.39, 0.29) is 11.9 Å². The first kappa shape index (κ1) is 18.5. The molecule has 5 nitrogen and oxygen atoms in total. The van der Waals surface area contributed by atoms with Gasteiger partial charge in [-0.05, 0) is 43.2 Å². The lowest BCUT2D eigenvalue weighted by molar-refractivity contribution is 0.102. The molecule has 0 aliphatic carbocycles. The number of hydrogen-bond donors (Lipinski definition) is 2. The Morgan fingerprint density at radius 2 is 1.85 bits per heavy atom. The molecule has 1 atom stereocenters. The monoisotopic (exact) mass is 361 g/mol. The number of methoxy groups -OCH3 is 1. The Morgan fingerprint density at radius 3 is 2.59 bits per heavy atom. The first-order chi connectivity index (χ1) is 13.1. The molecule has 0 spiro atoms. The van der Waals surface area contributed by atoms with Crippen LogP contribution in [-0.2, 0) is 0 Å². The van der Waals surface area contributed by atoms with Crippen LogP contribution in [0, 0.1) is 6.92 Å². The van der Waals surface area contributed by atoms with E-state index in [1.54, 1.807) is 25.6 Å². The number of aryl methyl sites for hydroxylation is 1. The van der Waals surface area contributed by atoms with Gasteiger partial charge in [0.25, 0.3) is 5.91 Å². The van der Waals surface area contributed by atoms with Crippen LogP contribution in [0.15, 0.2) is 67.0 Å². The minimum atomic E-state index is -0.234. The molecule has 138 valence electrons. The van der Waals surface area contributed by atoms with Crippen LogP contribution in [0.25, 0.3) is 0 Å². The summed E-state index contributed by atoms with van der Waals surface area (Å²) in [6, 6.07) is 17.7. The summed E-state index contributed by atoms with van der Waals surface area (Å²) in [7, 11) is 1.58. The van der Waals surface area contributed by atoms with E-state index < -0.39 is 0 Å². The van der Waals surface area contributed by atoms with Gasteiger partial charge in [0.1, 0.15) is 5.75 Å². The van der Waals surface area contributed by atoms with E-state index >= 15 is 0 Å². The number of amides is 1. The molecule has 27 heavy (non-hydrogen) atoms. The molecular formula is C22H23N3O2. The summed E-state index contributed by atoms with van der Waals surface area (Å²) in [4.78, 5) is 16.9. The van der Waals surface area contributed by atoms with Crippen molar-refractivity contribution >= 4 is 17.3 Å². The summed E-state index contributed by atoms with van der Waals surface area (Å²) in [5, 5.41) is 6.28. The van der Waals surface area contributed by atoms with Gasteiger partial charge in [-0.3, -0.25) is 9.78 Å². The summed E-state index contributed by atoms with van der Waals surface area (Å²) < 4.78 is 5.32. The number of carbonyl (C=O) groups excluding carboxylic acids is 1. The normalized spacial score (nSPS) is 11.5. The fourth-order valence-corrected chi connectivity index (χ4v) is 2.83. The number of carbonyl (C=O) groups is 1. The number of ether oxygens (including phenoxy) is 1. The Hall–Kier alpha value is -3.34. The van der Waals surface area contributed by atoms with Crippen LogP contribution in [0.1, 0.15) is 34.5 Å². The van der Waals surface area contributed by atoms with Gasteiger partial charge in [-0.25, -0.2) is 0 Å². The van der Waals surface area contributed by atoms with Gasteiger partial charge >= 0.3 is 0 Å². The molecular weight excluding hydrogens is 338 g/mol. The fourth-order valence-electron chi connectivity index (χ4n) is 2.83. The van der Waals surface area contributed by atoms with Crippen LogP contribution in [0.4, 0.5) is 11.4 Å². The number of nitrogens with one attached hydrogen (secondary N) is 2. The highest BCUT2D eigenvalue weighted by Crippen LogP contribution is 2.26. The van der Waals surface area contributed by atoms with E-state index in [0.717, 1.165) is 16.8 Å². The Balaban J connectivity index is 1.75. The third-order valence-electron chi connectivity index (χ3n) is 4.29. The van der Waals surface area contributed by atoms with Crippen LogP contribution in [0.5, 0.6) is 5.75 Å². The van der Waals surface area contributed by atoms with Crippen LogP contribution < -0.4 is 15.4 Å². The van der Waals surface area contributed by atoms with Crippen molar-refractivity contribution in [2.24, 2.45) is 0 Å². The molecule has 0 radical (unpaired) electrons. The van der Waals surface area contributed by atoms with Crippen molar-refractivity contribution in [3.8, 4) is 5.75 Å². The predicted octanol–water partition coefficient (Wildman–Crippen LogP) is 4.82. The lowest BCUT2D eigenvalue weighted by atomic mass is 10.1. The zero-order valence-corrected chi connectivity index (χ0v) is 15.7. The van der Waals surface area contributed by atoms with Gasteiger partial charge in [-0.1, -0.05) is 36.4 Å². The molecule has 1 aromatic heterocycles. The molecule has 3 aromatic rings. The van der Waals surface area contributed by atoms with Gasteiger partial charge < -0.3 is 15.4 Å². The van der Waals surface area contributed by atoms with E-state index in [9.17, 15) is 4.79 Å². The van der Waals surface area contributed by atoms with Crippen LogP contribution in [0.3, 0.4) is 0 Å². The minimum Gasteiger partial charge on any atom is -0.495 e. The van der Waals surface area contributed by atoms with Crippen molar-refractivity contribution in [3.63, 3.8) is 0 Å². The van der Waals surface area contributed by atoms with Gasteiger partial charge in [-0.15, -0.1) is 0 Å². The van der Waals surface area contributed by atoms with Gasteiger partial charge in [-0.2, -0.15) is 0 Å². The molecule has 0 aliphatic rings. The largest absolute Gasteiger partial charge is 0.495 e. The highest BCUT2D eigenvalue weighted by molar-refractivity contribution is 6.05. The van der Waals surface area contributed by atoms with Crippen molar-refractivity contribution in [3.05, 3.63) is 83.7 Å². The Morgan fingerprint density at radius 1 is 1.07 bits per heavy atom. The van der Waals surface area contributed by atoms with Gasteiger partial charge in [0.15, 0.2) is 0 Å². The quantitative estimate of drug-likeness (QED) is 0.660. The Labute approximate surface area is 159 Å². The highest BCUT2D eigenvalue weighted by atomic mass is 16.5. The maximum Gasteiger partial charge on any atom is 0.257 e. The van der Waals surface area contributed by atoms with Crippen molar-refractivity contribution in [2.75, 3.05) is 17.7 Å². The molecule has 0 bridgehead atoms. The summed E-state index contributed by atoms with van der Waals surface area (Å²) in [5.41, 5.74) is 4.10. The highest BCUT2D eigenvalue weighted by Gasteiger charge is 2.12. The second-order valence-electron chi connectivity index (χ2n) is 6.40. The molecule has 0 saturated heterocycles. The van der Waals surface area contributed by atoms with Gasteiger partial charge in [0.05, 0.1) is 24.0 Å². The average Bonchev–Trinajstić information content (AvgIpc) is 2.69. The first-order valence-electron chi connectivity index (χ1n) is 8.79. The van der Waals surface area contributed by atoms with E-state index in [0.29, 0.717) is 17.0 Å². The zero-order valence-electron chi connectivity index (χ0n) is 15.7. The summed E-state index contributed by atoms with van der Waals surface area (Å²) in [6.07, 6.45) is 3.26. The molecule has 1 amide bonds. The van der Waals surface area contributed by atoms with Gasteiger partial charge in [0, 0.05) is 18.4 Å². The number of rotatable bonds is 6. The lowest BCUT2D eigenvalue weighted by Crippen LogP contribution is -2.14. The molecule has 0 aliphatic heterocycles. The van der Waals surface area contributed by atoms with Crippen molar-refractivity contribution in [1.82, 2.24) is 4.98 Å². The smallest absolute Gasteiger partial charge is 0.257 e.